The zero-order valence-electron chi connectivity index (χ0n) is 11.0. The number of hydrogen-bond acceptors (Lipinski definition) is 3. The normalized spacial score (nSPS) is 12.6. The van der Waals surface area contributed by atoms with Gasteiger partial charge in [0, 0.05) is 0 Å². The van der Waals surface area contributed by atoms with E-state index in [9.17, 15) is 9.13 Å². The van der Waals surface area contributed by atoms with Crippen LogP contribution >= 0.6 is 18.3 Å². The molecule has 0 aromatic heterocycles. The second-order valence-electron chi connectivity index (χ2n) is 4.19. The van der Waals surface area contributed by atoms with Crippen molar-refractivity contribution in [3.63, 3.8) is 0 Å². The van der Waals surface area contributed by atoms with Crippen LogP contribution < -0.4 is 0 Å². The van der Waals surface area contributed by atoms with Gasteiger partial charge >= 0.3 is 120 Å². The van der Waals surface area contributed by atoms with E-state index >= 15 is 0 Å². The maximum absolute atomic E-state index is 10.7. The predicted molar refractivity (Wildman–Crippen MR) is 72.8 cm³/mol. The molecule has 0 aromatic carbocycles. The van der Waals surface area contributed by atoms with Crippen LogP contribution in [0.2, 0.25) is 4.81 Å². The van der Waals surface area contributed by atoms with Gasteiger partial charge in [-0.15, -0.1) is 0 Å². The van der Waals surface area contributed by atoms with Gasteiger partial charge in [-0.1, -0.05) is 0 Å². The zero-order valence-corrected chi connectivity index (χ0v) is 14.7. The average molecular weight is 360 g/mol. The van der Waals surface area contributed by atoms with E-state index < -0.39 is 6.88 Å². The SMILES string of the molecule is CCCCCCC[CH2][Mo][CH](CCC)SP(=O)=O. The molecule has 0 spiro atoms. The van der Waals surface area contributed by atoms with Gasteiger partial charge in [-0.2, -0.15) is 0 Å². The molecule has 1 unspecified atom stereocenters. The van der Waals surface area contributed by atoms with Crippen molar-refractivity contribution in [1.82, 2.24) is 0 Å². The molecule has 0 saturated carbocycles. The first-order valence-electron chi connectivity index (χ1n) is 6.63. The van der Waals surface area contributed by atoms with Crippen molar-refractivity contribution in [2.75, 3.05) is 0 Å². The Labute approximate surface area is 119 Å². The van der Waals surface area contributed by atoms with Crippen LogP contribution in [0.25, 0.3) is 0 Å². The van der Waals surface area contributed by atoms with Crippen molar-refractivity contribution >= 4 is 18.3 Å². The molecule has 0 heterocycles. The first-order valence-corrected chi connectivity index (χ1v) is 11.9. The Hall–Kier alpha value is 0.938. The fourth-order valence-electron chi connectivity index (χ4n) is 1.60. The Morgan fingerprint density at radius 3 is 2.24 bits per heavy atom. The fourth-order valence-corrected chi connectivity index (χ4v) is 9.28. The summed E-state index contributed by atoms with van der Waals surface area (Å²) in [6.45, 7) is 2.15. The second kappa shape index (κ2) is 13.4. The molecule has 17 heavy (non-hydrogen) atoms. The van der Waals surface area contributed by atoms with E-state index in [4.69, 9.17) is 0 Å². The summed E-state index contributed by atoms with van der Waals surface area (Å²) in [4.78, 5) is 1.32. The van der Waals surface area contributed by atoms with E-state index in [0.717, 1.165) is 12.8 Å². The van der Waals surface area contributed by atoms with E-state index in [1.165, 1.54) is 54.7 Å². The standard InChI is InChI=1S/C8H17.C4H8O2PS.Mo/c1-3-5-7-8-6-4-2;1-2-3-4-8-7(5)6;/h1,3-8H2,2H3;4H,2-3H2,1H3;. The average Bonchev–Trinajstić information content (AvgIpc) is 2.27. The molecule has 0 fully saturated rings. The summed E-state index contributed by atoms with van der Waals surface area (Å²) < 4.78 is 21.9. The van der Waals surface area contributed by atoms with Crippen LogP contribution in [0, 0.1) is 0 Å². The first-order chi connectivity index (χ1) is 8.20. The van der Waals surface area contributed by atoms with Crippen molar-refractivity contribution in [1.29, 1.82) is 0 Å². The molecule has 102 valence electrons. The monoisotopic (exact) mass is 362 g/mol. The van der Waals surface area contributed by atoms with Crippen molar-refractivity contribution in [2.24, 2.45) is 0 Å². The molecule has 0 amide bonds. The second-order valence-corrected chi connectivity index (χ2v) is 11.0. The first kappa shape index (κ1) is 17.9. The third kappa shape index (κ3) is 13.2. The topological polar surface area (TPSA) is 34.1 Å². The van der Waals surface area contributed by atoms with Crippen LogP contribution in [0.5, 0.6) is 0 Å². The van der Waals surface area contributed by atoms with Gasteiger partial charge in [0.05, 0.1) is 0 Å². The quantitative estimate of drug-likeness (QED) is 0.251. The van der Waals surface area contributed by atoms with Crippen molar-refractivity contribution in [3.8, 4) is 0 Å². The molecule has 0 rings (SSSR count). The van der Waals surface area contributed by atoms with Crippen LogP contribution in [-0.4, -0.2) is 3.64 Å². The zero-order chi connectivity index (χ0) is 12.9. The molecule has 0 aromatic rings. The van der Waals surface area contributed by atoms with Gasteiger partial charge in [0.2, 0.25) is 0 Å². The molecular formula is C12H25MoO2PS. The van der Waals surface area contributed by atoms with Crippen molar-refractivity contribution in [2.45, 2.75) is 73.7 Å². The summed E-state index contributed by atoms with van der Waals surface area (Å²) in [5, 5.41) is 0. The fraction of sp³-hybridized carbons (Fsp3) is 1.00. The van der Waals surface area contributed by atoms with E-state index in [1.54, 1.807) is 0 Å². The van der Waals surface area contributed by atoms with Crippen LogP contribution in [-0.2, 0) is 27.7 Å². The molecule has 0 N–H and O–H groups in total. The minimum absolute atomic E-state index is 0.109. The molecule has 0 aliphatic heterocycles. The van der Waals surface area contributed by atoms with Crippen LogP contribution in [0.4, 0.5) is 0 Å². The Bertz CT molecular complexity index is 227. The molecule has 0 radical (unpaired) electrons. The molecular weight excluding hydrogens is 335 g/mol. The van der Waals surface area contributed by atoms with Gasteiger partial charge in [-0.05, 0) is 0 Å². The van der Waals surface area contributed by atoms with Crippen LogP contribution in [0.1, 0.15) is 65.2 Å². The van der Waals surface area contributed by atoms with Gasteiger partial charge < -0.3 is 0 Å². The predicted octanol–water partition coefficient (Wildman–Crippen LogP) is 5.80. The molecule has 2 nitrogen and oxygen atoms in total. The Kier molecular flexibility index (Phi) is 14.1. The van der Waals surface area contributed by atoms with Crippen LogP contribution in [0.15, 0.2) is 0 Å². The summed E-state index contributed by atoms with van der Waals surface area (Å²) in [6.07, 6.45) is 10.3. The van der Waals surface area contributed by atoms with Crippen molar-refractivity contribution in [3.05, 3.63) is 0 Å². The summed E-state index contributed by atoms with van der Waals surface area (Å²) in [7, 11) is 0. The van der Waals surface area contributed by atoms with Gasteiger partial charge in [0.1, 0.15) is 0 Å². The number of rotatable bonds is 12. The van der Waals surface area contributed by atoms with Gasteiger partial charge in [0.25, 0.3) is 0 Å². The molecule has 1 atom stereocenters. The molecule has 0 saturated heterocycles. The summed E-state index contributed by atoms with van der Waals surface area (Å²) in [6, 6.07) is 0. The number of hydrogen-bond donors (Lipinski definition) is 0. The summed E-state index contributed by atoms with van der Waals surface area (Å²) in [5.41, 5.74) is 0. The van der Waals surface area contributed by atoms with Crippen LogP contribution in [0.3, 0.4) is 0 Å². The van der Waals surface area contributed by atoms with Crippen molar-refractivity contribution < 1.29 is 27.7 Å². The molecule has 0 aliphatic rings. The Balaban J connectivity index is 3.47. The maximum atomic E-state index is 10.7. The molecule has 0 bridgehead atoms. The third-order valence-corrected chi connectivity index (χ3v) is 9.89. The van der Waals surface area contributed by atoms with E-state index in [0.29, 0.717) is 3.64 Å². The van der Waals surface area contributed by atoms with Gasteiger partial charge in [-0.25, -0.2) is 0 Å². The Morgan fingerprint density at radius 1 is 1.00 bits per heavy atom. The van der Waals surface area contributed by atoms with E-state index in [-0.39, 0.29) is 18.6 Å². The molecule has 0 aliphatic carbocycles. The third-order valence-electron chi connectivity index (χ3n) is 2.53. The van der Waals surface area contributed by atoms with Gasteiger partial charge in [-0.3, -0.25) is 0 Å². The summed E-state index contributed by atoms with van der Waals surface area (Å²) >= 11 is 1.10. The van der Waals surface area contributed by atoms with Gasteiger partial charge in [0.15, 0.2) is 0 Å². The van der Waals surface area contributed by atoms with E-state index in [2.05, 4.69) is 13.8 Å². The summed E-state index contributed by atoms with van der Waals surface area (Å²) in [5.74, 6) is 0. The molecule has 5 heteroatoms. The Morgan fingerprint density at radius 2 is 1.65 bits per heavy atom. The minimum atomic E-state index is -2.23. The number of unbranched alkanes of at least 4 members (excludes halogenated alkanes) is 5. The van der Waals surface area contributed by atoms with E-state index in [1.807, 2.05) is 0 Å².